The van der Waals surface area contributed by atoms with Crippen LogP contribution in [0.2, 0.25) is 5.02 Å². The second-order valence-electron chi connectivity index (χ2n) is 4.79. The Morgan fingerprint density at radius 3 is 2.86 bits per heavy atom. The largest absolute Gasteiger partial charge is 0.360 e. The Hall–Kier alpha value is -2.25. The molecule has 21 heavy (non-hydrogen) atoms. The molecule has 1 aromatic heterocycles. The first-order valence-electron chi connectivity index (χ1n) is 6.64. The number of carbonyl (C=O) groups is 1. The van der Waals surface area contributed by atoms with Crippen molar-refractivity contribution in [3.63, 3.8) is 0 Å². The molecule has 2 heterocycles. The number of hydrogen-bond acceptors (Lipinski definition) is 3. The zero-order valence-electron chi connectivity index (χ0n) is 11.5. The molecular weight excluding hydrogens is 288 g/mol. The van der Waals surface area contributed by atoms with Crippen LogP contribution in [0.5, 0.6) is 0 Å². The first kappa shape index (κ1) is 13.7. The highest BCUT2D eigenvalue weighted by Crippen LogP contribution is 2.30. The molecule has 0 fully saturated rings. The summed E-state index contributed by atoms with van der Waals surface area (Å²) in [5, 5.41) is 4.82. The molecule has 106 valence electrons. The maximum absolute atomic E-state index is 11.9. The number of carbonyl (C=O) groups excluding carboxylic acids is 1. The molecule has 3 rings (SSSR count). The van der Waals surface area contributed by atoms with E-state index >= 15 is 0 Å². The van der Waals surface area contributed by atoms with E-state index in [1.807, 2.05) is 24.3 Å². The molecule has 0 N–H and O–H groups in total. The summed E-state index contributed by atoms with van der Waals surface area (Å²) in [6, 6.07) is 7.42. The Bertz CT molecular complexity index is 738. The first-order chi connectivity index (χ1) is 10.2. The molecule has 0 saturated heterocycles. The zero-order chi connectivity index (χ0) is 14.8. The Morgan fingerprint density at radius 1 is 1.38 bits per heavy atom. The summed E-state index contributed by atoms with van der Waals surface area (Å²) in [5.74, 6) is 5.89. The summed E-state index contributed by atoms with van der Waals surface area (Å²) in [6.45, 7) is 2.74. The van der Waals surface area contributed by atoms with Gasteiger partial charge in [-0.3, -0.25) is 4.79 Å². The van der Waals surface area contributed by atoms with Crippen molar-refractivity contribution in [2.45, 2.75) is 19.9 Å². The molecule has 0 atom stereocenters. The van der Waals surface area contributed by atoms with Gasteiger partial charge in [-0.1, -0.05) is 34.8 Å². The van der Waals surface area contributed by atoms with Crippen molar-refractivity contribution >= 4 is 17.5 Å². The third-order valence-corrected chi connectivity index (χ3v) is 3.72. The van der Waals surface area contributed by atoms with Crippen molar-refractivity contribution in [3.05, 3.63) is 40.6 Å². The third-order valence-electron chi connectivity index (χ3n) is 3.46. The first-order valence-corrected chi connectivity index (χ1v) is 7.02. The summed E-state index contributed by atoms with van der Waals surface area (Å²) >= 11 is 5.90. The van der Waals surface area contributed by atoms with Gasteiger partial charge in [0.2, 0.25) is 0 Å². The van der Waals surface area contributed by atoms with E-state index in [9.17, 15) is 4.79 Å². The molecule has 4 nitrogen and oxygen atoms in total. The monoisotopic (exact) mass is 300 g/mol. The summed E-state index contributed by atoms with van der Waals surface area (Å²) in [7, 11) is 0. The molecule has 2 aromatic rings. The number of halogens is 1. The van der Waals surface area contributed by atoms with Crippen LogP contribution in [-0.4, -0.2) is 22.5 Å². The van der Waals surface area contributed by atoms with E-state index in [4.69, 9.17) is 16.1 Å². The quantitative estimate of drug-likeness (QED) is 0.761. The zero-order valence-corrected chi connectivity index (χ0v) is 12.3. The molecule has 1 aliphatic rings. The van der Waals surface area contributed by atoms with Gasteiger partial charge in [0.1, 0.15) is 11.5 Å². The van der Waals surface area contributed by atoms with Gasteiger partial charge < -0.3 is 9.42 Å². The average Bonchev–Trinajstić information content (AvgIpc) is 2.91. The number of rotatable bonds is 1. The van der Waals surface area contributed by atoms with Gasteiger partial charge >= 0.3 is 0 Å². The molecule has 0 bridgehead atoms. The van der Waals surface area contributed by atoms with Gasteiger partial charge in [0, 0.05) is 29.1 Å². The van der Waals surface area contributed by atoms with Gasteiger partial charge in [0.25, 0.3) is 5.91 Å². The smallest absolute Gasteiger partial charge is 0.298 e. The van der Waals surface area contributed by atoms with Crippen molar-refractivity contribution in [1.29, 1.82) is 0 Å². The molecular formula is C16H13ClN2O2. The van der Waals surface area contributed by atoms with Crippen LogP contribution < -0.4 is 0 Å². The number of benzene rings is 1. The lowest BCUT2D eigenvalue weighted by atomic mass is 10.0. The normalized spacial score (nSPS) is 13.3. The van der Waals surface area contributed by atoms with Crippen LogP contribution in [0.4, 0.5) is 0 Å². The minimum absolute atomic E-state index is 0.161. The molecule has 0 radical (unpaired) electrons. The van der Waals surface area contributed by atoms with E-state index in [-0.39, 0.29) is 5.91 Å². The van der Waals surface area contributed by atoms with Crippen LogP contribution >= 0.6 is 11.6 Å². The molecule has 0 saturated carbocycles. The number of fused-ring (bicyclic) bond motifs is 1. The Morgan fingerprint density at radius 2 is 2.14 bits per heavy atom. The van der Waals surface area contributed by atoms with Crippen LogP contribution in [0.1, 0.15) is 18.2 Å². The maximum atomic E-state index is 11.9. The van der Waals surface area contributed by atoms with Crippen LogP contribution in [-0.2, 0) is 17.8 Å². The number of aromatic nitrogens is 1. The Labute approximate surface area is 127 Å². The third kappa shape index (κ3) is 2.65. The van der Waals surface area contributed by atoms with Gasteiger partial charge in [0.05, 0.1) is 6.54 Å². The fourth-order valence-electron chi connectivity index (χ4n) is 2.40. The van der Waals surface area contributed by atoms with Crippen molar-refractivity contribution in [2.75, 3.05) is 6.54 Å². The maximum Gasteiger partial charge on any atom is 0.298 e. The van der Waals surface area contributed by atoms with E-state index in [1.54, 1.807) is 11.8 Å². The standard InChI is InChI=1S/C16H13ClN2O2/c1-2-3-15(20)19-9-8-14-13(10-19)16(18-21-14)11-4-6-12(17)7-5-11/h4-7H,8-10H2,1H3. The van der Waals surface area contributed by atoms with Crippen LogP contribution in [0.25, 0.3) is 11.3 Å². The van der Waals surface area contributed by atoms with Crippen molar-refractivity contribution in [3.8, 4) is 23.1 Å². The second-order valence-corrected chi connectivity index (χ2v) is 5.23. The Balaban J connectivity index is 1.93. The number of nitrogens with zero attached hydrogens (tertiary/aromatic N) is 2. The highest BCUT2D eigenvalue weighted by molar-refractivity contribution is 6.30. The van der Waals surface area contributed by atoms with E-state index in [0.29, 0.717) is 24.5 Å². The topological polar surface area (TPSA) is 46.3 Å². The highest BCUT2D eigenvalue weighted by Gasteiger charge is 2.26. The average molecular weight is 301 g/mol. The van der Waals surface area contributed by atoms with Crippen molar-refractivity contribution in [2.24, 2.45) is 0 Å². The van der Waals surface area contributed by atoms with Crippen LogP contribution in [0.3, 0.4) is 0 Å². The number of hydrogen-bond donors (Lipinski definition) is 0. The minimum atomic E-state index is -0.161. The predicted octanol–water partition coefficient (Wildman–Crippen LogP) is 2.90. The van der Waals surface area contributed by atoms with Crippen molar-refractivity contribution < 1.29 is 9.32 Å². The van der Waals surface area contributed by atoms with E-state index in [1.165, 1.54) is 0 Å². The van der Waals surface area contributed by atoms with E-state index in [2.05, 4.69) is 17.0 Å². The lowest BCUT2D eigenvalue weighted by molar-refractivity contribution is -0.126. The molecule has 0 spiro atoms. The molecule has 1 aliphatic heterocycles. The van der Waals surface area contributed by atoms with E-state index < -0.39 is 0 Å². The lowest BCUT2D eigenvalue weighted by Crippen LogP contribution is -2.34. The predicted molar refractivity (Wildman–Crippen MR) is 79.5 cm³/mol. The molecule has 0 aliphatic carbocycles. The fourth-order valence-corrected chi connectivity index (χ4v) is 2.53. The van der Waals surface area contributed by atoms with Gasteiger partial charge in [0.15, 0.2) is 0 Å². The van der Waals surface area contributed by atoms with Gasteiger partial charge in [-0.25, -0.2) is 0 Å². The molecule has 1 amide bonds. The van der Waals surface area contributed by atoms with Crippen molar-refractivity contribution in [1.82, 2.24) is 10.1 Å². The van der Waals surface area contributed by atoms with Gasteiger partial charge in [-0.15, -0.1) is 0 Å². The Kier molecular flexibility index (Phi) is 3.68. The summed E-state index contributed by atoms with van der Waals surface area (Å²) < 4.78 is 5.40. The van der Waals surface area contributed by atoms with E-state index in [0.717, 1.165) is 22.6 Å². The van der Waals surface area contributed by atoms with Crippen LogP contribution in [0.15, 0.2) is 28.8 Å². The second kappa shape index (κ2) is 5.63. The van der Waals surface area contributed by atoms with Gasteiger partial charge in [-0.2, -0.15) is 0 Å². The SMILES string of the molecule is CC#CC(=O)N1CCc2onc(-c3ccc(Cl)cc3)c2C1. The fraction of sp³-hybridized carbons (Fsp3) is 0.250. The van der Waals surface area contributed by atoms with Crippen LogP contribution in [0, 0.1) is 11.8 Å². The summed E-state index contributed by atoms with van der Waals surface area (Å²) in [5.41, 5.74) is 2.65. The molecule has 1 aromatic carbocycles. The molecule has 5 heteroatoms. The summed E-state index contributed by atoms with van der Waals surface area (Å²) in [6.07, 6.45) is 0.660. The highest BCUT2D eigenvalue weighted by atomic mass is 35.5. The lowest BCUT2D eigenvalue weighted by Gasteiger charge is -2.24. The molecule has 0 unspecified atom stereocenters. The number of amides is 1. The minimum Gasteiger partial charge on any atom is -0.360 e. The van der Waals surface area contributed by atoms with Gasteiger partial charge in [-0.05, 0) is 25.0 Å². The summed E-state index contributed by atoms with van der Waals surface area (Å²) in [4.78, 5) is 13.6.